The molecule has 0 atom stereocenters. The number of benzene rings is 2. The summed E-state index contributed by atoms with van der Waals surface area (Å²) in [4.78, 5) is 42.3. The normalized spacial score (nSPS) is 11.5. The number of nitrogens with one attached hydrogen (secondary N) is 2. The Bertz CT molecular complexity index is 2450. The first-order valence-electron chi connectivity index (χ1n) is 17.8. The maximum Gasteiger partial charge on any atom is 0.213 e. The number of hydrogen-bond donors (Lipinski definition) is 3. The van der Waals surface area contributed by atoms with Gasteiger partial charge in [0.15, 0.2) is 6.29 Å². The van der Waals surface area contributed by atoms with E-state index >= 15 is 0 Å². The number of pyridine rings is 2. The summed E-state index contributed by atoms with van der Waals surface area (Å²) in [6.45, 7) is 4.93. The quantitative estimate of drug-likeness (QED) is 0.0638. The lowest BCUT2D eigenvalue weighted by Gasteiger charge is -2.05. The number of allylic oxidation sites excluding steroid dienone is 2. The van der Waals surface area contributed by atoms with Gasteiger partial charge in [-0.1, -0.05) is 47.5 Å². The van der Waals surface area contributed by atoms with Gasteiger partial charge in [-0.15, -0.1) is 0 Å². The van der Waals surface area contributed by atoms with Crippen LogP contribution < -0.4 is 5.73 Å². The van der Waals surface area contributed by atoms with Crippen molar-refractivity contribution < 1.29 is 18.4 Å². The third-order valence-corrected chi connectivity index (χ3v) is 8.89. The highest BCUT2D eigenvalue weighted by molar-refractivity contribution is 6.51. The molecule has 0 aliphatic heterocycles. The summed E-state index contributed by atoms with van der Waals surface area (Å²) in [6.07, 6.45) is 11.7. The Balaban J connectivity index is 0.000000181. The van der Waals surface area contributed by atoms with E-state index in [1.807, 2.05) is 32.2 Å². The number of fused-ring (bicyclic) bond motifs is 2. The highest BCUT2D eigenvalue weighted by atomic mass is 35.5. The first-order chi connectivity index (χ1) is 27.1. The summed E-state index contributed by atoms with van der Waals surface area (Å²) in [5, 5.41) is 7.15. The molecule has 5 heterocycles. The molecule has 2 aromatic carbocycles. The number of halogens is 4. The van der Waals surface area contributed by atoms with Gasteiger partial charge in [-0.3, -0.25) is 19.3 Å². The van der Waals surface area contributed by atoms with Crippen LogP contribution in [0.2, 0.25) is 10.0 Å². The molecule has 0 spiro atoms. The standard InChI is InChI=1S/C21H20ClFN4O.C14H15FN2O.C7H5ClN2/c1-2-25-19(10-16(24)8-5-13-3-6-15(23)7-4-13)20(28)18-12-27-21-17(18)9-14(22)11-26-21;1-2-17-14(10-18)9-13(16-17)8-5-11-3-6-12(15)7-4-11;8-6-3-5-1-2-9-7(5)10-4-6/h3-4,6-7,9-12H,2,5,8,24H2,1H3,(H,26,27);3-4,6-7,9-10H,2,5,8H2,1H3;1-4H,(H,9,10). The van der Waals surface area contributed by atoms with Crippen LogP contribution in [0.3, 0.4) is 0 Å². The fourth-order valence-electron chi connectivity index (χ4n) is 5.64. The molecule has 0 saturated carbocycles. The molecule has 0 fully saturated rings. The van der Waals surface area contributed by atoms with Crippen LogP contribution in [-0.4, -0.2) is 54.0 Å². The highest BCUT2D eigenvalue weighted by Crippen LogP contribution is 2.22. The molecule has 7 rings (SSSR count). The molecule has 0 radical (unpaired) electrons. The number of aliphatic imine (C=N–C) groups is 1. The lowest BCUT2D eigenvalue weighted by Crippen LogP contribution is -2.15. The first kappa shape index (κ1) is 41.2. The number of nitrogens with zero attached hydrogens (tertiary/aromatic N) is 5. The van der Waals surface area contributed by atoms with Gasteiger partial charge in [0.1, 0.15) is 34.3 Å². The van der Waals surface area contributed by atoms with Crippen molar-refractivity contribution in [2.75, 3.05) is 6.54 Å². The zero-order valence-electron chi connectivity index (χ0n) is 30.8. The zero-order valence-corrected chi connectivity index (χ0v) is 32.3. The molecule has 0 saturated heterocycles. The number of nitrogens with two attached hydrogens (primary N) is 1. The number of carbonyl (C=O) groups excluding carboxylic acids is 2. The zero-order chi connectivity index (χ0) is 40.0. The van der Waals surface area contributed by atoms with Crippen LogP contribution in [0.1, 0.15) is 57.9 Å². The average Bonchev–Trinajstić information content (AvgIpc) is 3.95. The Morgan fingerprint density at radius 3 is 2.12 bits per heavy atom. The fourth-order valence-corrected chi connectivity index (χ4v) is 5.96. The largest absolute Gasteiger partial charge is 0.402 e. The molecular formula is C42H40Cl2F2N8O2. The Kier molecular flexibility index (Phi) is 14.8. The van der Waals surface area contributed by atoms with Crippen LogP contribution in [0.5, 0.6) is 0 Å². The van der Waals surface area contributed by atoms with Crippen LogP contribution in [0.25, 0.3) is 22.1 Å². The molecule has 0 bridgehead atoms. The minimum atomic E-state index is -0.274. The van der Waals surface area contributed by atoms with Crippen LogP contribution in [-0.2, 0) is 25.8 Å². The number of Topliss-reactive ketones (excluding diaryl/α,β-unsaturated/α-hetero) is 1. The fraction of sp³-hybridized carbons (Fsp3) is 0.190. The van der Waals surface area contributed by atoms with Gasteiger partial charge in [0.05, 0.1) is 21.3 Å². The van der Waals surface area contributed by atoms with Gasteiger partial charge in [0.25, 0.3) is 0 Å². The third-order valence-electron chi connectivity index (χ3n) is 8.47. The van der Waals surface area contributed by atoms with E-state index in [0.717, 1.165) is 47.0 Å². The monoisotopic (exact) mass is 796 g/mol. The smallest absolute Gasteiger partial charge is 0.213 e. The Labute approximate surface area is 332 Å². The molecule has 4 N–H and O–H groups in total. The summed E-state index contributed by atoms with van der Waals surface area (Å²) in [7, 11) is 0. The molecule has 5 aromatic heterocycles. The number of H-pyrrole nitrogens is 2. The van der Waals surface area contributed by atoms with Crippen molar-refractivity contribution in [2.45, 2.75) is 46.1 Å². The molecule has 7 aromatic rings. The van der Waals surface area contributed by atoms with Crippen molar-refractivity contribution in [3.8, 4) is 0 Å². The summed E-state index contributed by atoms with van der Waals surface area (Å²) in [5.41, 5.74) is 12.4. The van der Waals surface area contributed by atoms with Gasteiger partial charge in [0.2, 0.25) is 5.78 Å². The number of rotatable bonds is 12. The number of aldehydes is 1. The molecule has 0 aliphatic rings. The minimum Gasteiger partial charge on any atom is -0.402 e. The molecule has 56 heavy (non-hydrogen) atoms. The van der Waals surface area contributed by atoms with Crippen LogP contribution in [0.15, 0.2) is 114 Å². The molecule has 0 amide bonds. The molecule has 14 heteroatoms. The predicted molar refractivity (Wildman–Crippen MR) is 219 cm³/mol. The molecule has 288 valence electrons. The second-order valence-electron chi connectivity index (χ2n) is 12.5. The van der Waals surface area contributed by atoms with Gasteiger partial charge < -0.3 is 15.7 Å². The van der Waals surface area contributed by atoms with Crippen LogP contribution in [0, 0.1) is 11.6 Å². The summed E-state index contributed by atoms with van der Waals surface area (Å²) in [6, 6.07) is 20.0. The SMILES string of the molecule is CCN=C(C=C(N)CCc1ccc(F)cc1)C(=O)c1c[nH]c2ncc(Cl)cc12.CCn1nc(CCc2ccc(F)cc2)cc1C=O.Clc1cnc2[nH]ccc2c1. The average molecular weight is 798 g/mol. The Morgan fingerprint density at radius 1 is 0.857 bits per heavy atom. The van der Waals surface area contributed by atoms with E-state index in [2.05, 4.69) is 30.0 Å². The van der Waals surface area contributed by atoms with Crippen molar-refractivity contribution in [3.63, 3.8) is 0 Å². The lowest BCUT2D eigenvalue weighted by molar-refractivity contribution is 0.106. The number of aromatic nitrogens is 6. The first-order valence-corrected chi connectivity index (χ1v) is 18.6. The van der Waals surface area contributed by atoms with Gasteiger partial charge in [0, 0.05) is 54.3 Å². The minimum absolute atomic E-state index is 0.225. The molecule has 0 unspecified atom stereocenters. The highest BCUT2D eigenvalue weighted by Gasteiger charge is 2.18. The second-order valence-corrected chi connectivity index (χ2v) is 13.3. The number of hydrogen-bond acceptors (Lipinski definition) is 7. The van der Waals surface area contributed by atoms with Crippen molar-refractivity contribution in [1.29, 1.82) is 0 Å². The molecule has 10 nitrogen and oxygen atoms in total. The Morgan fingerprint density at radius 2 is 1.50 bits per heavy atom. The summed E-state index contributed by atoms with van der Waals surface area (Å²) < 4.78 is 27.4. The summed E-state index contributed by atoms with van der Waals surface area (Å²) in [5.74, 6) is -0.748. The Hall–Kier alpha value is -5.98. The van der Waals surface area contributed by atoms with Gasteiger partial charge in [-0.05, 0) is 105 Å². The number of aryl methyl sites for hydroxylation is 4. The number of carbonyl (C=O) groups is 2. The van der Waals surface area contributed by atoms with Crippen molar-refractivity contribution in [2.24, 2.45) is 10.7 Å². The number of ketones is 1. The van der Waals surface area contributed by atoms with Crippen molar-refractivity contribution in [1.82, 2.24) is 29.7 Å². The van der Waals surface area contributed by atoms with Gasteiger partial charge in [-0.2, -0.15) is 5.10 Å². The molecule has 0 aliphatic carbocycles. The topological polar surface area (TPSA) is 148 Å². The van der Waals surface area contributed by atoms with Crippen LogP contribution in [0.4, 0.5) is 8.78 Å². The lowest BCUT2D eigenvalue weighted by atomic mass is 10.0. The van der Waals surface area contributed by atoms with E-state index in [9.17, 15) is 18.4 Å². The third kappa shape index (κ3) is 11.5. The van der Waals surface area contributed by atoms with Gasteiger partial charge in [-0.25, -0.2) is 18.7 Å². The summed E-state index contributed by atoms with van der Waals surface area (Å²) >= 11 is 11.7. The van der Waals surface area contributed by atoms with E-state index in [1.54, 1.807) is 59.5 Å². The van der Waals surface area contributed by atoms with E-state index in [1.165, 1.54) is 30.5 Å². The molecular weight excluding hydrogens is 757 g/mol. The van der Waals surface area contributed by atoms with Crippen molar-refractivity contribution >= 4 is 63.0 Å². The van der Waals surface area contributed by atoms with Crippen LogP contribution >= 0.6 is 23.2 Å². The predicted octanol–water partition coefficient (Wildman–Crippen LogP) is 9.33. The van der Waals surface area contributed by atoms with E-state index < -0.39 is 0 Å². The maximum atomic E-state index is 13.0. The van der Waals surface area contributed by atoms with E-state index in [-0.39, 0.29) is 23.1 Å². The second kappa shape index (κ2) is 20.1. The van der Waals surface area contributed by atoms with Crippen molar-refractivity contribution in [3.05, 3.63) is 159 Å². The van der Waals surface area contributed by atoms with E-state index in [0.29, 0.717) is 64.0 Å². The maximum absolute atomic E-state index is 13.0. The van der Waals surface area contributed by atoms with E-state index in [4.69, 9.17) is 28.9 Å². The van der Waals surface area contributed by atoms with Gasteiger partial charge >= 0.3 is 0 Å². The number of aromatic amines is 2.